The first-order chi connectivity index (χ1) is 6.13. The van der Waals surface area contributed by atoms with Crippen molar-refractivity contribution in [2.24, 2.45) is 5.92 Å². The zero-order chi connectivity index (χ0) is 9.84. The van der Waals surface area contributed by atoms with Crippen molar-refractivity contribution in [3.05, 3.63) is 30.1 Å². The summed E-state index contributed by atoms with van der Waals surface area (Å²) >= 11 is 0. The van der Waals surface area contributed by atoms with Crippen LogP contribution in [0.5, 0.6) is 0 Å². The largest absolute Gasteiger partial charge is 0.302 e. The molecule has 1 unspecified atom stereocenters. The van der Waals surface area contributed by atoms with Crippen LogP contribution in [0.1, 0.15) is 25.5 Å². The summed E-state index contributed by atoms with van der Waals surface area (Å²) in [5.41, 5.74) is 1.34. The Kier molecular flexibility index (Phi) is 3.43. The predicted octanol–water partition coefficient (Wildman–Crippen LogP) is 2.34. The van der Waals surface area contributed by atoms with E-state index in [9.17, 15) is 0 Å². The van der Waals surface area contributed by atoms with E-state index >= 15 is 0 Å². The first-order valence-corrected chi connectivity index (χ1v) is 4.69. The van der Waals surface area contributed by atoms with Crippen LogP contribution in [-0.2, 0) is 0 Å². The van der Waals surface area contributed by atoms with Gasteiger partial charge in [-0.15, -0.1) is 0 Å². The Bertz CT molecular complexity index is 234. The van der Waals surface area contributed by atoms with Gasteiger partial charge in [-0.25, -0.2) is 0 Å². The molecule has 2 nitrogen and oxygen atoms in total. The third-order valence-electron chi connectivity index (χ3n) is 2.24. The molecule has 0 aliphatic carbocycles. The Hall–Kier alpha value is -0.890. The monoisotopic (exact) mass is 178 g/mol. The maximum absolute atomic E-state index is 4.03. The molecule has 0 aliphatic rings. The van der Waals surface area contributed by atoms with Crippen molar-refractivity contribution in [3.63, 3.8) is 0 Å². The summed E-state index contributed by atoms with van der Waals surface area (Å²) in [7, 11) is 4.23. The van der Waals surface area contributed by atoms with Crippen molar-refractivity contribution in [1.29, 1.82) is 0 Å². The highest BCUT2D eigenvalue weighted by atomic mass is 15.1. The molecule has 1 aromatic heterocycles. The molecule has 0 saturated heterocycles. The van der Waals surface area contributed by atoms with Crippen LogP contribution in [0.2, 0.25) is 0 Å². The summed E-state index contributed by atoms with van der Waals surface area (Å²) in [5.74, 6) is 0.623. The van der Waals surface area contributed by atoms with Gasteiger partial charge in [-0.3, -0.25) is 4.98 Å². The number of nitrogens with zero attached hydrogens (tertiary/aromatic N) is 2. The molecule has 13 heavy (non-hydrogen) atoms. The Labute approximate surface area is 80.6 Å². The first-order valence-electron chi connectivity index (χ1n) is 4.69. The third-order valence-corrected chi connectivity index (χ3v) is 2.24. The van der Waals surface area contributed by atoms with E-state index in [2.05, 4.69) is 50.0 Å². The van der Waals surface area contributed by atoms with Crippen molar-refractivity contribution in [1.82, 2.24) is 9.88 Å². The molecular weight excluding hydrogens is 160 g/mol. The Morgan fingerprint density at radius 2 is 1.69 bits per heavy atom. The summed E-state index contributed by atoms with van der Waals surface area (Å²) in [4.78, 5) is 6.28. The van der Waals surface area contributed by atoms with E-state index in [1.165, 1.54) is 5.56 Å². The van der Waals surface area contributed by atoms with Gasteiger partial charge in [-0.05, 0) is 37.7 Å². The Morgan fingerprint density at radius 1 is 1.15 bits per heavy atom. The number of aromatic nitrogens is 1. The van der Waals surface area contributed by atoms with E-state index in [-0.39, 0.29) is 0 Å². The lowest BCUT2D eigenvalue weighted by Gasteiger charge is -2.28. The highest BCUT2D eigenvalue weighted by Gasteiger charge is 2.17. The molecule has 1 aromatic rings. The minimum Gasteiger partial charge on any atom is -0.302 e. The van der Waals surface area contributed by atoms with Gasteiger partial charge in [0, 0.05) is 18.4 Å². The van der Waals surface area contributed by atoms with E-state index in [0.29, 0.717) is 12.0 Å². The molecular formula is C11H18N2. The summed E-state index contributed by atoms with van der Waals surface area (Å²) < 4.78 is 0. The molecule has 0 aliphatic heterocycles. The lowest BCUT2D eigenvalue weighted by Crippen LogP contribution is -2.24. The SMILES string of the molecule is CC(C)C(c1ccncc1)N(C)C. The standard InChI is InChI=1S/C11H18N2/c1-9(2)11(13(3)4)10-5-7-12-8-6-10/h5-9,11H,1-4H3. The normalized spacial score (nSPS) is 13.7. The zero-order valence-electron chi connectivity index (χ0n) is 8.86. The molecule has 0 radical (unpaired) electrons. The fraction of sp³-hybridized carbons (Fsp3) is 0.545. The van der Waals surface area contributed by atoms with Gasteiger partial charge in [-0.2, -0.15) is 0 Å². The Balaban J connectivity index is 2.89. The van der Waals surface area contributed by atoms with Crippen LogP contribution >= 0.6 is 0 Å². The third kappa shape index (κ3) is 2.52. The van der Waals surface area contributed by atoms with Crippen LogP contribution in [0.4, 0.5) is 0 Å². The van der Waals surface area contributed by atoms with Crippen molar-refractivity contribution in [2.45, 2.75) is 19.9 Å². The van der Waals surface area contributed by atoms with Crippen LogP contribution in [0, 0.1) is 5.92 Å². The van der Waals surface area contributed by atoms with E-state index in [0.717, 1.165) is 0 Å². The smallest absolute Gasteiger partial charge is 0.0366 e. The van der Waals surface area contributed by atoms with Gasteiger partial charge < -0.3 is 4.90 Å². The quantitative estimate of drug-likeness (QED) is 0.706. The molecule has 0 aromatic carbocycles. The van der Waals surface area contributed by atoms with Gasteiger partial charge in [0.1, 0.15) is 0 Å². The van der Waals surface area contributed by atoms with E-state index in [4.69, 9.17) is 0 Å². The highest BCUT2D eigenvalue weighted by Crippen LogP contribution is 2.25. The number of pyridine rings is 1. The second kappa shape index (κ2) is 4.38. The fourth-order valence-corrected chi connectivity index (χ4v) is 1.84. The van der Waals surface area contributed by atoms with Crippen molar-refractivity contribution in [2.75, 3.05) is 14.1 Å². The highest BCUT2D eigenvalue weighted by molar-refractivity contribution is 5.15. The van der Waals surface area contributed by atoms with Crippen LogP contribution in [0.3, 0.4) is 0 Å². The minimum absolute atomic E-state index is 0.489. The number of hydrogen-bond donors (Lipinski definition) is 0. The van der Waals surface area contributed by atoms with Crippen LogP contribution < -0.4 is 0 Å². The second-order valence-corrected chi connectivity index (χ2v) is 3.93. The topological polar surface area (TPSA) is 16.1 Å². The average Bonchev–Trinajstić information content (AvgIpc) is 2.04. The van der Waals surface area contributed by atoms with Gasteiger partial charge in [0.2, 0.25) is 0 Å². The molecule has 0 saturated carbocycles. The maximum Gasteiger partial charge on any atom is 0.0366 e. The number of rotatable bonds is 3. The summed E-state index contributed by atoms with van der Waals surface area (Å²) in [6.45, 7) is 4.48. The molecule has 1 rings (SSSR count). The van der Waals surface area contributed by atoms with Gasteiger partial charge in [-0.1, -0.05) is 13.8 Å². The van der Waals surface area contributed by atoms with Gasteiger partial charge in [0.25, 0.3) is 0 Å². The molecule has 2 heteroatoms. The number of hydrogen-bond acceptors (Lipinski definition) is 2. The van der Waals surface area contributed by atoms with Crippen molar-refractivity contribution >= 4 is 0 Å². The summed E-state index contributed by atoms with van der Waals surface area (Å²) in [5, 5.41) is 0. The molecule has 1 atom stereocenters. The first kappa shape index (κ1) is 10.2. The summed E-state index contributed by atoms with van der Waals surface area (Å²) in [6.07, 6.45) is 3.71. The lowest BCUT2D eigenvalue weighted by atomic mass is 9.96. The predicted molar refractivity (Wildman–Crippen MR) is 55.5 cm³/mol. The molecule has 72 valence electrons. The molecule has 0 bridgehead atoms. The lowest BCUT2D eigenvalue weighted by molar-refractivity contribution is 0.235. The van der Waals surface area contributed by atoms with E-state index < -0.39 is 0 Å². The van der Waals surface area contributed by atoms with Crippen LogP contribution in [-0.4, -0.2) is 24.0 Å². The molecule has 0 amide bonds. The molecule has 0 fully saturated rings. The van der Waals surface area contributed by atoms with Gasteiger partial charge >= 0.3 is 0 Å². The molecule has 0 N–H and O–H groups in total. The van der Waals surface area contributed by atoms with Gasteiger partial charge in [0.15, 0.2) is 0 Å². The Morgan fingerprint density at radius 3 is 2.08 bits per heavy atom. The second-order valence-electron chi connectivity index (χ2n) is 3.93. The van der Waals surface area contributed by atoms with E-state index in [1.54, 1.807) is 0 Å². The van der Waals surface area contributed by atoms with Crippen molar-refractivity contribution < 1.29 is 0 Å². The fourth-order valence-electron chi connectivity index (χ4n) is 1.84. The molecule has 1 heterocycles. The zero-order valence-corrected chi connectivity index (χ0v) is 8.86. The maximum atomic E-state index is 4.03. The van der Waals surface area contributed by atoms with Crippen LogP contribution in [0.25, 0.3) is 0 Å². The minimum atomic E-state index is 0.489. The van der Waals surface area contributed by atoms with Crippen molar-refractivity contribution in [3.8, 4) is 0 Å². The molecule has 0 spiro atoms. The average molecular weight is 178 g/mol. The summed E-state index contributed by atoms with van der Waals surface area (Å²) in [6, 6.07) is 4.66. The van der Waals surface area contributed by atoms with Gasteiger partial charge in [0.05, 0.1) is 0 Å². The van der Waals surface area contributed by atoms with Crippen LogP contribution in [0.15, 0.2) is 24.5 Å². The van der Waals surface area contributed by atoms with E-state index in [1.807, 2.05) is 12.4 Å².